The zero-order valence-electron chi connectivity index (χ0n) is 45.2. The zero-order valence-corrected chi connectivity index (χ0v) is 45.2. The maximum absolute atomic E-state index is 15.7. The first kappa shape index (κ1) is 52.8. The summed E-state index contributed by atoms with van der Waals surface area (Å²) in [6.45, 7) is 19.2. The first-order valence-corrected chi connectivity index (χ1v) is 26.6. The third-order valence-electron chi connectivity index (χ3n) is 16.5. The predicted octanol–water partition coefficient (Wildman–Crippen LogP) is 6.61. The van der Waals surface area contributed by atoms with Gasteiger partial charge in [0.15, 0.2) is 28.5 Å². The summed E-state index contributed by atoms with van der Waals surface area (Å²) in [4.78, 5) is 48.7. The molecule has 410 valence electrons. The van der Waals surface area contributed by atoms with E-state index in [4.69, 9.17) is 43.0 Å². The maximum atomic E-state index is 15.7. The van der Waals surface area contributed by atoms with E-state index in [1.165, 1.54) is 24.0 Å². The van der Waals surface area contributed by atoms with Crippen LogP contribution in [0.15, 0.2) is 77.2 Å². The number of aliphatic hydroxyl groups is 3. The Kier molecular flexibility index (Phi) is 13.1. The highest BCUT2D eigenvalue weighted by atomic mass is 16.8. The zero-order chi connectivity index (χ0) is 54.7. The number of ketones is 1. The summed E-state index contributed by atoms with van der Waals surface area (Å²) in [5, 5.41) is 42.7. The third-order valence-corrected chi connectivity index (χ3v) is 16.5. The molecule has 11 atom stereocenters. The van der Waals surface area contributed by atoms with Gasteiger partial charge in [-0.25, -0.2) is 9.48 Å². The number of nitrogens with zero attached hydrogens (tertiary/aromatic N) is 3. The second kappa shape index (κ2) is 19.0. The van der Waals surface area contributed by atoms with Crippen LogP contribution < -0.4 is 29.6 Å². The summed E-state index contributed by atoms with van der Waals surface area (Å²) >= 11 is 0. The molecule has 4 unspecified atom stereocenters. The van der Waals surface area contributed by atoms with Gasteiger partial charge in [-0.2, -0.15) is 10.1 Å². The van der Waals surface area contributed by atoms with Crippen molar-refractivity contribution in [3.05, 3.63) is 99.4 Å². The van der Waals surface area contributed by atoms with Crippen molar-refractivity contribution >= 4 is 35.4 Å². The lowest BCUT2D eigenvalue weighted by molar-refractivity contribution is -0.373. The van der Waals surface area contributed by atoms with E-state index >= 15 is 4.79 Å². The average Bonchev–Trinajstić information content (AvgIpc) is 4.07. The highest BCUT2D eigenvalue weighted by Gasteiger charge is 2.84. The predicted molar refractivity (Wildman–Crippen MR) is 280 cm³/mol. The number of ether oxygens (including phenoxy) is 8. The van der Waals surface area contributed by atoms with Crippen LogP contribution >= 0.6 is 0 Å². The van der Waals surface area contributed by atoms with Crippen LogP contribution in [0.1, 0.15) is 128 Å². The number of esters is 1. The van der Waals surface area contributed by atoms with Gasteiger partial charge in [-0.05, 0) is 131 Å². The molecular weight excluding hydrogens is 991 g/mol. The lowest BCUT2D eigenvalue weighted by atomic mass is 9.47. The Morgan fingerprint density at radius 3 is 2.45 bits per heavy atom. The third kappa shape index (κ3) is 8.55. The van der Waals surface area contributed by atoms with Crippen molar-refractivity contribution in [2.24, 2.45) is 11.8 Å². The monoisotopic (exact) mass is 1060 g/mol. The number of benzene rings is 2. The summed E-state index contributed by atoms with van der Waals surface area (Å²) in [5.41, 5.74) is 0.639. The van der Waals surface area contributed by atoms with Gasteiger partial charge in [0, 0.05) is 41.5 Å². The molecular formula is C58H69N5O14. The number of amides is 1. The molecule has 77 heavy (non-hydrogen) atoms. The number of carbonyl (C=O) groups is 3. The number of aromatic nitrogens is 3. The molecule has 5 N–H and O–H groups in total. The van der Waals surface area contributed by atoms with Gasteiger partial charge in [0.25, 0.3) is 0 Å². The van der Waals surface area contributed by atoms with E-state index < -0.39 is 82.7 Å². The first-order valence-electron chi connectivity index (χ1n) is 26.6. The lowest BCUT2D eigenvalue weighted by Gasteiger charge is -2.62. The molecule has 1 spiro atoms. The molecule has 1 aromatic heterocycles. The Morgan fingerprint density at radius 1 is 0.974 bits per heavy atom. The number of aliphatic hydroxyl groups excluding tert-OH is 3. The average molecular weight is 1060 g/mol. The molecule has 3 saturated carbocycles. The highest BCUT2D eigenvalue weighted by molar-refractivity contribution is 6.03. The molecule has 9 aliphatic rings. The maximum Gasteiger partial charge on any atom is 0.343 e. The quantitative estimate of drug-likeness (QED) is 0.0494. The van der Waals surface area contributed by atoms with Crippen molar-refractivity contribution in [2.75, 3.05) is 25.1 Å². The van der Waals surface area contributed by atoms with Gasteiger partial charge in [-0.15, -0.1) is 0 Å². The smallest absolute Gasteiger partial charge is 0.343 e. The number of rotatable bonds is 14. The van der Waals surface area contributed by atoms with Gasteiger partial charge in [-0.3, -0.25) is 9.59 Å². The van der Waals surface area contributed by atoms with Gasteiger partial charge in [0.2, 0.25) is 18.1 Å². The Hall–Kier alpha value is -6.19. The number of fused-ring (bicyclic) bond motifs is 5. The summed E-state index contributed by atoms with van der Waals surface area (Å²) in [6, 6.07) is 5.49. The van der Waals surface area contributed by atoms with Crippen LogP contribution in [0.4, 0.5) is 5.95 Å². The van der Waals surface area contributed by atoms with Crippen molar-refractivity contribution in [2.45, 2.75) is 166 Å². The van der Waals surface area contributed by atoms with Crippen molar-refractivity contribution in [3.8, 4) is 23.0 Å². The Balaban J connectivity index is 1.06. The van der Waals surface area contributed by atoms with Gasteiger partial charge < -0.3 is 63.8 Å². The Morgan fingerprint density at radius 2 is 1.73 bits per heavy atom. The van der Waals surface area contributed by atoms with Crippen molar-refractivity contribution in [1.29, 1.82) is 0 Å². The summed E-state index contributed by atoms with van der Waals surface area (Å²) in [6.07, 6.45) is 7.84. The number of carbonyl (C=O) groups excluding carboxylic acids is 3. The molecule has 3 saturated heterocycles. The van der Waals surface area contributed by atoms with Gasteiger partial charge in [0.05, 0.1) is 47.2 Å². The van der Waals surface area contributed by atoms with E-state index in [-0.39, 0.29) is 54.9 Å². The largest absolute Gasteiger partial charge is 0.482 e. The van der Waals surface area contributed by atoms with E-state index in [1.807, 2.05) is 46.8 Å². The molecule has 6 fully saturated rings. The summed E-state index contributed by atoms with van der Waals surface area (Å²) in [7, 11) is 0. The molecule has 7 heterocycles. The van der Waals surface area contributed by atoms with E-state index in [0.29, 0.717) is 70.2 Å². The molecule has 0 radical (unpaired) electrons. The molecule has 2 aromatic carbocycles. The Bertz CT molecular complexity index is 3090. The van der Waals surface area contributed by atoms with Crippen LogP contribution in [-0.2, 0) is 35.0 Å². The minimum absolute atomic E-state index is 0.0180. The van der Waals surface area contributed by atoms with Crippen molar-refractivity contribution in [3.63, 3.8) is 0 Å². The van der Waals surface area contributed by atoms with Crippen LogP contribution in [0, 0.1) is 11.8 Å². The SMILES string of the molecule is CC(C)=CCCC1(C)C=Cc2c(c(CC=C(C)C)c3c(c2OC(=O)c2ccc(O[C@@H]4O[C@@H]5COC(C)(C)O[C@H]5[C@H](O)[C@H]4O)cc2)C2=C4C([C@@H]5C[C@@H]6C(C)(C)OC(C/C=C(/C)C(=O)NCCO)(C5=O)C46O3)n3ncnc3N2)O1. The van der Waals surface area contributed by atoms with Gasteiger partial charge in [-0.1, -0.05) is 29.4 Å². The standard InChI is InChI=1S/C58H69N5O14/c1-29(2)12-11-21-56(10)22-20-35-45(75-56)34(18-13-30(3)4)47-39(46(35)73-51(69)32-14-16-33(17-15-32)71-52-44(66)43(65)48-37(72-52)27-70-55(8,9)74-48)41-40-42(63-53(62-41)60-28-61-63)36-26-38-54(6,7)77-57(49(36)67,58(38,40)76-47)23-19-31(5)50(68)59-24-25-64/h12-17,19-20,22,28,36-38,42-44,48,52,64-66H,11,18,21,23-27H2,1-10H3,(H,59,68)(H,60,61,62)/b31-19-/t36-,37+,38+,42?,43+,44+,48+,52+,56?,57?,58?/m0/s1. The van der Waals surface area contributed by atoms with E-state index in [0.717, 1.165) is 12.0 Å². The molecule has 12 rings (SSSR count). The van der Waals surface area contributed by atoms with Crippen LogP contribution in [0.2, 0.25) is 0 Å². The van der Waals surface area contributed by atoms with Crippen molar-refractivity contribution < 1.29 is 67.6 Å². The summed E-state index contributed by atoms with van der Waals surface area (Å²) < 4.78 is 54.5. The molecule has 3 aromatic rings. The van der Waals surface area contributed by atoms with Crippen LogP contribution in [0.5, 0.6) is 23.0 Å². The van der Waals surface area contributed by atoms with Crippen LogP contribution in [0.3, 0.4) is 0 Å². The van der Waals surface area contributed by atoms with Crippen LogP contribution in [0.25, 0.3) is 11.8 Å². The molecule has 6 aliphatic heterocycles. The molecule has 19 heteroatoms. The van der Waals surface area contributed by atoms with Gasteiger partial charge >= 0.3 is 5.97 Å². The fraction of sp³-hybridized carbons (Fsp3) is 0.534. The highest BCUT2D eigenvalue weighted by Crippen LogP contribution is 2.74. The van der Waals surface area contributed by atoms with Crippen molar-refractivity contribution in [1.82, 2.24) is 20.1 Å². The molecule has 3 aliphatic carbocycles. The van der Waals surface area contributed by atoms with Crippen LogP contribution in [-0.4, -0.2) is 126 Å². The molecule has 4 bridgehead atoms. The summed E-state index contributed by atoms with van der Waals surface area (Å²) in [5.74, 6) is -1.77. The number of nitrogens with one attached hydrogen (secondary N) is 2. The Labute approximate surface area is 447 Å². The second-order valence-electron chi connectivity index (χ2n) is 23.2. The number of hydrogen-bond acceptors (Lipinski definition) is 17. The minimum atomic E-state index is -1.66. The van der Waals surface area contributed by atoms with Gasteiger partial charge in [0.1, 0.15) is 53.6 Å². The normalized spacial score (nSPS) is 32.2. The molecule has 19 nitrogen and oxygen atoms in total. The first-order chi connectivity index (χ1) is 36.5. The molecule has 1 amide bonds. The van der Waals surface area contributed by atoms with E-state index in [2.05, 4.69) is 41.6 Å². The number of allylic oxidation sites excluding steroid dienone is 4. The number of anilines is 1. The lowest BCUT2D eigenvalue weighted by Crippen LogP contribution is -2.75. The number of Topliss-reactive ketones (excluding diaryl/α,β-unsaturated/α-hetero) is 1. The topological polar surface area (TPSA) is 241 Å². The fourth-order valence-corrected chi connectivity index (χ4v) is 12.9. The van der Waals surface area contributed by atoms with E-state index in [9.17, 15) is 24.9 Å². The van der Waals surface area contributed by atoms with E-state index in [1.54, 1.807) is 43.7 Å². The minimum Gasteiger partial charge on any atom is -0.482 e. The number of hydrogen-bond donors (Lipinski definition) is 5. The second-order valence-corrected chi connectivity index (χ2v) is 23.2. The fourth-order valence-electron chi connectivity index (χ4n) is 12.9.